The van der Waals surface area contributed by atoms with Crippen molar-refractivity contribution < 1.29 is 0 Å². The van der Waals surface area contributed by atoms with Gasteiger partial charge in [0.15, 0.2) is 0 Å². The predicted molar refractivity (Wildman–Crippen MR) is 56.7 cm³/mol. The van der Waals surface area contributed by atoms with Gasteiger partial charge in [0.2, 0.25) is 0 Å². The van der Waals surface area contributed by atoms with Gasteiger partial charge >= 0.3 is 0 Å². The van der Waals surface area contributed by atoms with Gasteiger partial charge in [0, 0.05) is 40.3 Å². The fourth-order valence-corrected chi connectivity index (χ4v) is 2.33. The van der Waals surface area contributed by atoms with Crippen molar-refractivity contribution in [1.29, 1.82) is 0 Å². The van der Waals surface area contributed by atoms with E-state index in [1.165, 1.54) is 0 Å². The maximum atomic E-state index is 6.07. The number of hydrogen-bond acceptors (Lipinski definition) is 2. The molecule has 1 unspecified atom stereocenters. The number of hydrogen-bond donors (Lipinski definition) is 2. The maximum Gasteiger partial charge on any atom is 0.0477 e. The standard InChI is InChI=1S/C9H10Cl2N2/c10-6-1-7(11)9-5(3-12)4-13-8(9)2-6/h1-2,5,13H,3-4,12H2. The molecule has 0 amide bonds. The SMILES string of the molecule is NCC1CNc2cc(Cl)cc(Cl)c21. The monoisotopic (exact) mass is 216 g/mol. The first kappa shape index (κ1) is 9.13. The number of nitrogens with two attached hydrogens (primary N) is 1. The Morgan fingerprint density at radius 2 is 2.23 bits per heavy atom. The van der Waals surface area contributed by atoms with Gasteiger partial charge in [-0.25, -0.2) is 0 Å². The zero-order valence-electron chi connectivity index (χ0n) is 6.98. The maximum absolute atomic E-state index is 6.07. The van der Waals surface area contributed by atoms with Crippen molar-refractivity contribution in [2.24, 2.45) is 5.73 Å². The van der Waals surface area contributed by atoms with Crippen LogP contribution < -0.4 is 11.1 Å². The fourth-order valence-electron chi connectivity index (χ4n) is 1.68. The molecule has 1 aromatic rings. The highest BCUT2D eigenvalue weighted by molar-refractivity contribution is 6.35. The molecule has 1 heterocycles. The van der Waals surface area contributed by atoms with E-state index < -0.39 is 0 Å². The summed E-state index contributed by atoms with van der Waals surface area (Å²) in [6.45, 7) is 1.47. The molecule has 1 aromatic carbocycles. The van der Waals surface area contributed by atoms with E-state index in [2.05, 4.69) is 5.32 Å². The lowest BCUT2D eigenvalue weighted by Crippen LogP contribution is -2.14. The lowest BCUT2D eigenvalue weighted by Gasteiger charge is -2.08. The van der Waals surface area contributed by atoms with E-state index in [4.69, 9.17) is 28.9 Å². The summed E-state index contributed by atoms with van der Waals surface area (Å²) in [6.07, 6.45) is 0. The smallest absolute Gasteiger partial charge is 0.0477 e. The molecule has 0 fully saturated rings. The van der Waals surface area contributed by atoms with Crippen LogP contribution in [0.5, 0.6) is 0 Å². The number of halogens is 2. The van der Waals surface area contributed by atoms with E-state index in [-0.39, 0.29) is 0 Å². The minimum Gasteiger partial charge on any atom is -0.384 e. The zero-order valence-corrected chi connectivity index (χ0v) is 8.49. The normalized spacial score (nSPS) is 19.8. The molecule has 2 nitrogen and oxygen atoms in total. The molecule has 0 aromatic heterocycles. The zero-order chi connectivity index (χ0) is 9.42. The Balaban J connectivity index is 2.51. The lowest BCUT2D eigenvalue weighted by atomic mass is 10.0. The van der Waals surface area contributed by atoms with Crippen molar-refractivity contribution in [1.82, 2.24) is 0 Å². The van der Waals surface area contributed by atoms with Crippen LogP contribution >= 0.6 is 23.2 Å². The molecule has 1 atom stereocenters. The Morgan fingerprint density at radius 1 is 1.46 bits per heavy atom. The molecule has 2 rings (SSSR count). The molecule has 13 heavy (non-hydrogen) atoms. The van der Waals surface area contributed by atoms with Gasteiger partial charge in [-0.05, 0) is 12.1 Å². The molecule has 0 aliphatic carbocycles. The first-order valence-corrected chi connectivity index (χ1v) is 4.91. The highest BCUT2D eigenvalue weighted by Crippen LogP contribution is 2.38. The van der Waals surface area contributed by atoms with Gasteiger partial charge in [-0.1, -0.05) is 23.2 Å². The Morgan fingerprint density at radius 3 is 2.92 bits per heavy atom. The van der Waals surface area contributed by atoms with Crippen LogP contribution in [0, 0.1) is 0 Å². The van der Waals surface area contributed by atoms with E-state index in [1.807, 2.05) is 6.07 Å². The molecular weight excluding hydrogens is 207 g/mol. The van der Waals surface area contributed by atoms with Gasteiger partial charge in [0.1, 0.15) is 0 Å². The third kappa shape index (κ3) is 1.50. The second-order valence-corrected chi connectivity index (χ2v) is 4.01. The van der Waals surface area contributed by atoms with Crippen molar-refractivity contribution >= 4 is 28.9 Å². The molecular formula is C9H10Cl2N2. The van der Waals surface area contributed by atoms with Gasteiger partial charge in [-0.2, -0.15) is 0 Å². The molecule has 1 aliphatic heterocycles. The highest BCUT2D eigenvalue weighted by atomic mass is 35.5. The number of rotatable bonds is 1. The summed E-state index contributed by atoms with van der Waals surface area (Å²) in [5.41, 5.74) is 7.75. The second-order valence-electron chi connectivity index (χ2n) is 3.16. The lowest BCUT2D eigenvalue weighted by molar-refractivity contribution is 0.767. The minimum absolute atomic E-state index is 0.319. The van der Waals surface area contributed by atoms with Crippen LogP contribution in [0.2, 0.25) is 10.0 Å². The first-order valence-electron chi connectivity index (χ1n) is 4.15. The van der Waals surface area contributed by atoms with Crippen LogP contribution in [0.15, 0.2) is 12.1 Å². The molecule has 1 aliphatic rings. The molecule has 0 saturated carbocycles. The Kier molecular flexibility index (Phi) is 2.37. The van der Waals surface area contributed by atoms with Crippen molar-refractivity contribution in [2.45, 2.75) is 5.92 Å². The summed E-state index contributed by atoms with van der Waals surface area (Å²) < 4.78 is 0. The third-order valence-corrected chi connectivity index (χ3v) is 2.86. The molecule has 0 spiro atoms. The Hall–Kier alpha value is -0.440. The van der Waals surface area contributed by atoms with Crippen LogP contribution in [0.3, 0.4) is 0 Å². The number of anilines is 1. The largest absolute Gasteiger partial charge is 0.384 e. The van der Waals surface area contributed by atoms with E-state index in [0.717, 1.165) is 17.8 Å². The van der Waals surface area contributed by atoms with Crippen molar-refractivity contribution in [3.05, 3.63) is 27.7 Å². The summed E-state index contributed by atoms with van der Waals surface area (Å²) in [6, 6.07) is 3.65. The van der Waals surface area contributed by atoms with Crippen LogP contribution in [-0.4, -0.2) is 13.1 Å². The second kappa shape index (κ2) is 3.37. The topological polar surface area (TPSA) is 38.0 Å². The van der Waals surface area contributed by atoms with Gasteiger partial charge in [0.25, 0.3) is 0 Å². The summed E-state index contributed by atoms with van der Waals surface area (Å²) in [5.74, 6) is 0.319. The first-order chi connectivity index (χ1) is 6.22. The van der Waals surface area contributed by atoms with Crippen LogP contribution in [0.25, 0.3) is 0 Å². The summed E-state index contributed by atoms with van der Waals surface area (Å²) in [7, 11) is 0. The quantitative estimate of drug-likeness (QED) is 0.758. The molecule has 0 saturated heterocycles. The minimum atomic E-state index is 0.319. The molecule has 70 valence electrons. The van der Waals surface area contributed by atoms with Crippen molar-refractivity contribution in [3.8, 4) is 0 Å². The van der Waals surface area contributed by atoms with Gasteiger partial charge in [-0.15, -0.1) is 0 Å². The van der Waals surface area contributed by atoms with Crippen LogP contribution in [0.1, 0.15) is 11.5 Å². The molecule has 0 bridgehead atoms. The van der Waals surface area contributed by atoms with E-state index in [0.29, 0.717) is 22.5 Å². The number of nitrogens with one attached hydrogen (secondary N) is 1. The summed E-state index contributed by atoms with van der Waals surface area (Å²) >= 11 is 11.9. The Labute approximate surface area is 87.0 Å². The van der Waals surface area contributed by atoms with Crippen molar-refractivity contribution in [3.63, 3.8) is 0 Å². The van der Waals surface area contributed by atoms with Crippen LogP contribution in [-0.2, 0) is 0 Å². The molecule has 4 heteroatoms. The Bertz CT molecular complexity index is 339. The third-order valence-electron chi connectivity index (χ3n) is 2.33. The summed E-state index contributed by atoms with van der Waals surface area (Å²) in [5, 5.41) is 4.61. The van der Waals surface area contributed by atoms with Gasteiger partial charge in [0.05, 0.1) is 0 Å². The van der Waals surface area contributed by atoms with Gasteiger partial charge in [-0.3, -0.25) is 0 Å². The molecule has 0 radical (unpaired) electrons. The fraction of sp³-hybridized carbons (Fsp3) is 0.333. The number of fused-ring (bicyclic) bond motifs is 1. The average Bonchev–Trinajstić information content (AvgIpc) is 2.47. The van der Waals surface area contributed by atoms with E-state index in [9.17, 15) is 0 Å². The predicted octanol–water partition coefficient (Wildman–Crippen LogP) is 2.46. The van der Waals surface area contributed by atoms with Crippen LogP contribution in [0.4, 0.5) is 5.69 Å². The van der Waals surface area contributed by atoms with Gasteiger partial charge < -0.3 is 11.1 Å². The highest BCUT2D eigenvalue weighted by Gasteiger charge is 2.23. The van der Waals surface area contributed by atoms with E-state index >= 15 is 0 Å². The van der Waals surface area contributed by atoms with Crippen molar-refractivity contribution in [2.75, 3.05) is 18.4 Å². The number of benzene rings is 1. The average molecular weight is 217 g/mol. The van der Waals surface area contributed by atoms with E-state index in [1.54, 1.807) is 6.07 Å². The molecule has 3 N–H and O–H groups in total. The summed E-state index contributed by atoms with van der Waals surface area (Å²) in [4.78, 5) is 0.